The summed E-state index contributed by atoms with van der Waals surface area (Å²) in [4.78, 5) is 73.0. The molecule has 0 heterocycles. The summed E-state index contributed by atoms with van der Waals surface area (Å²) in [6.45, 7) is 11.9. The van der Waals surface area contributed by atoms with Crippen molar-refractivity contribution < 1.29 is 80.2 Å². The maximum absolute atomic E-state index is 13.1. The molecular formula is C79H154O17P2. The molecule has 0 bridgehead atoms. The number of phosphoric acid groups is 2. The van der Waals surface area contributed by atoms with E-state index in [1.165, 1.54) is 218 Å². The van der Waals surface area contributed by atoms with Crippen LogP contribution in [0.2, 0.25) is 0 Å². The molecule has 17 nitrogen and oxygen atoms in total. The van der Waals surface area contributed by atoms with Gasteiger partial charge in [0.2, 0.25) is 0 Å². The van der Waals surface area contributed by atoms with E-state index in [1.54, 1.807) is 0 Å². The normalized spacial score (nSPS) is 14.0. The molecule has 0 aromatic rings. The predicted molar refractivity (Wildman–Crippen MR) is 400 cm³/mol. The van der Waals surface area contributed by atoms with Crippen molar-refractivity contribution in [1.29, 1.82) is 0 Å². The summed E-state index contributed by atoms with van der Waals surface area (Å²) >= 11 is 0. The number of carbonyl (C=O) groups is 4. The summed E-state index contributed by atoms with van der Waals surface area (Å²) < 4.78 is 68.7. The lowest BCUT2D eigenvalue weighted by Gasteiger charge is -2.21. The van der Waals surface area contributed by atoms with E-state index in [2.05, 4.69) is 48.5 Å². The first-order valence-corrected chi connectivity index (χ1v) is 43.8. The number of phosphoric ester groups is 2. The monoisotopic (exact) mass is 1440 g/mol. The van der Waals surface area contributed by atoms with E-state index in [9.17, 15) is 43.2 Å². The predicted octanol–water partition coefficient (Wildman–Crippen LogP) is 23.4. The van der Waals surface area contributed by atoms with Gasteiger partial charge in [0, 0.05) is 25.7 Å². The number of rotatable bonds is 77. The lowest BCUT2D eigenvalue weighted by Crippen LogP contribution is -2.30. The highest BCUT2D eigenvalue weighted by molar-refractivity contribution is 7.47. The number of ether oxygens (including phenoxy) is 4. The molecule has 3 N–H and O–H groups in total. The first kappa shape index (κ1) is 96.1. The zero-order chi connectivity index (χ0) is 72.3. The zero-order valence-corrected chi connectivity index (χ0v) is 66.0. The van der Waals surface area contributed by atoms with E-state index in [0.29, 0.717) is 25.7 Å². The summed E-state index contributed by atoms with van der Waals surface area (Å²) in [5.41, 5.74) is 0. The SMILES string of the molecule is CCCCCCCCCCCCCCCCC(=O)O[C@H](COC(=O)CCCCCCCCCCC(C)C)COP(=O)(O)OC[C@H](O)COP(=O)(O)OC[C@@H](COC(=O)CCCCCCCCCCCCCC(C)C)OC(=O)CCCCCCCCCCCCCCCCCCC(C)C. The van der Waals surface area contributed by atoms with Crippen LogP contribution in [0.4, 0.5) is 0 Å². The Bertz CT molecular complexity index is 1900. The van der Waals surface area contributed by atoms with Gasteiger partial charge >= 0.3 is 39.5 Å². The molecule has 0 aliphatic carbocycles. The van der Waals surface area contributed by atoms with Gasteiger partial charge in [-0.2, -0.15) is 0 Å². The van der Waals surface area contributed by atoms with Gasteiger partial charge < -0.3 is 33.8 Å². The Balaban J connectivity index is 5.25. The Labute approximate surface area is 600 Å². The number of hydrogen-bond acceptors (Lipinski definition) is 15. The molecule has 0 aliphatic heterocycles. The Morgan fingerprint density at radius 3 is 0.694 bits per heavy atom. The standard InChI is InChI=1S/C79H154O17P2/c1-8-9-10-11-12-13-14-15-21-26-32-41-48-55-62-78(83)96-75(67-90-77(82)61-54-47-40-35-34-38-45-52-59-72(6)7)69-94-98(87,88)92-65-73(80)64-91-97(85,86)93-68-74(66-89-76(81)60-53-46-39-31-28-23-25-30-37-44-51-58-71(4)5)95-79(84)63-56-49-42-33-27-22-19-17-16-18-20-24-29-36-43-50-57-70(2)3/h70-75,80H,8-69H2,1-7H3,(H,85,86)(H,87,88)/t73-,74-,75-/m1/s1. The maximum atomic E-state index is 13.1. The highest BCUT2D eigenvalue weighted by Crippen LogP contribution is 2.45. The number of hydrogen-bond donors (Lipinski definition) is 3. The first-order valence-electron chi connectivity index (χ1n) is 40.8. The lowest BCUT2D eigenvalue weighted by atomic mass is 10.0. The van der Waals surface area contributed by atoms with E-state index in [1.807, 2.05) is 0 Å². The van der Waals surface area contributed by atoms with Crippen LogP contribution in [0.15, 0.2) is 0 Å². The molecule has 98 heavy (non-hydrogen) atoms. The van der Waals surface area contributed by atoms with Crippen molar-refractivity contribution in [3.05, 3.63) is 0 Å². The summed E-state index contributed by atoms with van der Waals surface area (Å²) in [5, 5.41) is 10.6. The van der Waals surface area contributed by atoms with Crippen molar-refractivity contribution in [2.24, 2.45) is 17.8 Å². The average molecular weight is 1440 g/mol. The molecule has 0 radical (unpaired) electrons. The van der Waals surface area contributed by atoms with E-state index < -0.39 is 97.5 Å². The fourth-order valence-corrected chi connectivity index (χ4v) is 13.7. The Morgan fingerprint density at radius 2 is 0.469 bits per heavy atom. The smallest absolute Gasteiger partial charge is 0.462 e. The molecule has 0 spiro atoms. The molecule has 0 aromatic heterocycles. The van der Waals surface area contributed by atoms with Gasteiger partial charge in [-0.25, -0.2) is 9.13 Å². The highest BCUT2D eigenvalue weighted by atomic mass is 31.2. The Kier molecular flexibility index (Phi) is 68.1. The molecule has 2 unspecified atom stereocenters. The van der Waals surface area contributed by atoms with Crippen molar-refractivity contribution in [2.75, 3.05) is 39.6 Å². The molecular weight excluding hydrogens is 1280 g/mol. The van der Waals surface area contributed by atoms with Gasteiger partial charge in [0.15, 0.2) is 12.2 Å². The lowest BCUT2D eigenvalue weighted by molar-refractivity contribution is -0.161. The average Bonchev–Trinajstić information content (AvgIpc) is 1.01. The molecule has 0 amide bonds. The minimum Gasteiger partial charge on any atom is -0.462 e. The number of unbranched alkanes of at least 4 members (excludes halogenated alkanes) is 45. The quantitative estimate of drug-likeness (QED) is 0.0222. The summed E-state index contributed by atoms with van der Waals surface area (Å²) in [7, 11) is -9.92. The second-order valence-corrected chi connectivity index (χ2v) is 32.8. The van der Waals surface area contributed by atoms with Crippen molar-refractivity contribution in [1.82, 2.24) is 0 Å². The van der Waals surface area contributed by atoms with Crippen molar-refractivity contribution in [3.8, 4) is 0 Å². The molecule has 0 aliphatic rings. The third-order valence-corrected chi connectivity index (χ3v) is 20.3. The van der Waals surface area contributed by atoms with Gasteiger partial charge in [-0.1, -0.05) is 357 Å². The first-order chi connectivity index (χ1) is 47.2. The van der Waals surface area contributed by atoms with E-state index in [0.717, 1.165) is 108 Å². The second kappa shape index (κ2) is 69.4. The van der Waals surface area contributed by atoms with Crippen LogP contribution in [-0.4, -0.2) is 96.7 Å². The molecule has 5 atom stereocenters. The van der Waals surface area contributed by atoms with Crippen LogP contribution in [0.3, 0.4) is 0 Å². The maximum Gasteiger partial charge on any atom is 0.472 e. The van der Waals surface area contributed by atoms with Crippen molar-refractivity contribution in [3.63, 3.8) is 0 Å². The van der Waals surface area contributed by atoms with Crippen molar-refractivity contribution >= 4 is 39.5 Å². The summed E-state index contributed by atoms with van der Waals surface area (Å²) in [6, 6.07) is 0. The van der Waals surface area contributed by atoms with E-state index in [-0.39, 0.29) is 25.7 Å². The molecule has 0 rings (SSSR count). The topological polar surface area (TPSA) is 237 Å². The Morgan fingerprint density at radius 1 is 0.276 bits per heavy atom. The largest absolute Gasteiger partial charge is 0.472 e. The molecule has 0 saturated heterocycles. The van der Waals surface area contributed by atoms with Gasteiger partial charge in [0.25, 0.3) is 0 Å². The number of aliphatic hydroxyl groups is 1. The van der Waals surface area contributed by atoms with E-state index >= 15 is 0 Å². The van der Waals surface area contributed by atoms with Crippen molar-refractivity contribution in [2.45, 2.75) is 426 Å². The zero-order valence-electron chi connectivity index (χ0n) is 64.3. The minimum atomic E-state index is -4.96. The van der Waals surface area contributed by atoms with E-state index in [4.69, 9.17) is 37.0 Å². The van der Waals surface area contributed by atoms with Crippen LogP contribution < -0.4 is 0 Å². The molecule has 0 aromatic carbocycles. The minimum absolute atomic E-state index is 0.107. The van der Waals surface area contributed by atoms with Crippen LogP contribution in [0.25, 0.3) is 0 Å². The Hall–Kier alpha value is -1.94. The second-order valence-electron chi connectivity index (χ2n) is 29.9. The third-order valence-electron chi connectivity index (χ3n) is 18.4. The molecule has 19 heteroatoms. The number of esters is 4. The highest BCUT2D eigenvalue weighted by Gasteiger charge is 2.30. The summed E-state index contributed by atoms with van der Waals surface area (Å²) in [6.07, 6.45) is 56.8. The van der Waals surface area contributed by atoms with Gasteiger partial charge in [-0.3, -0.25) is 37.3 Å². The fraction of sp³-hybridized carbons (Fsp3) is 0.949. The van der Waals surface area contributed by atoms with Crippen LogP contribution in [-0.2, 0) is 65.4 Å². The number of aliphatic hydroxyl groups excluding tert-OH is 1. The summed E-state index contributed by atoms with van der Waals surface area (Å²) in [5.74, 6) is 0.194. The van der Waals surface area contributed by atoms with Crippen LogP contribution in [0.5, 0.6) is 0 Å². The fourth-order valence-electron chi connectivity index (χ4n) is 12.1. The van der Waals surface area contributed by atoms with Gasteiger partial charge in [-0.15, -0.1) is 0 Å². The van der Waals surface area contributed by atoms with Crippen LogP contribution >= 0.6 is 15.6 Å². The van der Waals surface area contributed by atoms with Gasteiger partial charge in [0.1, 0.15) is 19.3 Å². The third kappa shape index (κ3) is 72.4. The van der Waals surface area contributed by atoms with Crippen LogP contribution in [0, 0.1) is 17.8 Å². The number of carbonyl (C=O) groups excluding carboxylic acids is 4. The molecule has 0 saturated carbocycles. The molecule has 0 fully saturated rings. The van der Waals surface area contributed by atoms with Crippen LogP contribution in [0.1, 0.15) is 408 Å². The van der Waals surface area contributed by atoms with Gasteiger partial charge in [-0.05, 0) is 43.4 Å². The van der Waals surface area contributed by atoms with Gasteiger partial charge in [0.05, 0.1) is 26.4 Å². The molecule has 582 valence electrons.